The van der Waals surface area contributed by atoms with Gasteiger partial charge in [0, 0.05) is 0 Å². The van der Waals surface area contributed by atoms with Gasteiger partial charge < -0.3 is 15.3 Å². The molecule has 0 spiro atoms. The van der Waals surface area contributed by atoms with Gasteiger partial charge in [-0.05, 0) is 38.5 Å². The molecular formula is C20H36O3. The zero-order valence-corrected chi connectivity index (χ0v) is 14.9. The summed E-state index contributed by atoms with van der Waals surface area (Å²) in [7, 11) is 0. The summed E-state index contributed by atoms with van der Waals surface area (Å²) in [6.45, 7) is 2.04. The van der Waals surface area contributed by atoms with Gasteiger partial charge in [0.25, 0.3) is 0 Å². The smallest absolute Gasteiger partial charge is 0.0756 e. The van der Waals surface area contributed by atoms with Crippen molar-refractivity contribution in [3.63, 3.8) is 0 Å². The number of aliphatic hydroxyl groups is 3. The van der Waals surface area contributed by atoms with Gasteiger partial charge in [0.05, 0.1) is 22.2 Å². The molecule has 3 N–H and O–H groups in total. The quantitative estimate of drug-likeness (QED) is 0.733. The van der Waals surface area contributed by atoms with Crippen molar-refractivity contribution in [2.24, 2.45) is 5.41 Å². The Kier molecular flexibility index (Phi) is 4.85. The van der Waals surface area contributed by atoms with Crippen LogP contribution in [0.5, 0.6) is 0 Å². The molecule has 134 valence electrons. The van der Waals surface area contributed by atoms with Crippen LogP contribution in [0.3, 0.4) is 0 Å². The van der Waals surface area contributed by atoms with Crippen molar-refractivity contribution >= 4 is 0 Å². The van der Waals surface area contributed by atoms with Crippen LogP contribution in [-0.2, 0) is 0 Å². The molecular weight excluding hydrogens is 288 g/mol. The van der Waals surface area contributed by atoms with E-state index in [1.165, 1.54) is 0 Å². The molecule has 3 aliphatic rings. The van der Waals surface area contributed by atoms with Gasteiger partial charge in [-0.15, -0.1) is 0 Å². The fourth-order valence-electron chi connectivity index (χ4n) is 6.21. The van der Waals surface area contributed by atoms with Crippen molar-refractivity contribution in [2.75, 3.05) is 0 Å². The average Bonchev–Trinajstić information content (AvgIpc) is 2.56. The van der Waals surface area contributed by atoms with E-state index < -0.39 is 22.2 Å². The predicted molar refractivity (Wildman–Crippen MR) is 92.2 cm³/mol. The number of hydrogen-bond acceptors (Lipinski definition) is 3. The minimum absolute atomic E-state index is 0.730. The number of rotatable bonds is 3. The topological polar surface area (TPSA) is 60.7 Å². The van der Waals surface area contributed by atoms with Crippen LogP contribution in [0.1, 0.15) is 103 Å². The van der Waals surface area contributed by atoms with E-state index in [1.807, 2.05) is 6.92 Å². The molecule has 0 saturated heterocycles. The van der Waals surface area contributed by atoms with E-state index in [0.29, 0.717) is 0 Å². The standard InChI is InChI=1S/C20H36O3/c1-17(18(21)11-5-2-6-12-18,19(22)13-7-3-8-14-19)20(23)15-9-4-10-16-20/h21-23H,2-16H2,1H3. The molecule has 3 heteroatoms. The highest BCUT2D eigenvalue weighted by molar-refractivity contribution is 5.18. The van der Waals surface area contributed by atoms with Gasteiger partial charge in [0.2, 0.25) is 0 Å². The van der Waals surface area contributed by atoms with Crippen molar-refractivity contribution in [2.45, 2.75) is 120 Å². The first kappa shape index (κ1) is 17.7. The highest BCUT2D eigenvalue weighted by Crippen LogP contribution is 2.61. The third kappa shape index (κ3) is 2.67. The maximum atomic E-state index is 11.7. The molecule has 0 atom stereocenters. The molecule has 3 rings (SSSR count). The van der Waals surface area contributed by atoms with Gasteiger partial charge >= 0.3 is 0 Å². The Labute approximate surface area is 141 Å². The Morgan fingerprint density at radius 1 is 0.478 bits per heavy atom. The van der Waals surface area contributed by atoms with Gasteiger partial charge in [-0.1, -0.05) is 64.7 Å². The molecule has 0 aliphatic heterocycles. The highest BCUT2D eigenvalue weighted by atomic mass is 16.3. The van der Waals surface area contributed by atoms with Gasteiger partial charge in [-0.3, -0.25) is 0 Å². The minimum Gasteiger partial charge on any atom is -0.389 e. The Balaban J connectivity index is 2.04. The Morgan fingerprint density at radius 3 is 0.913 bits per heavy atom. The summed E-state index contributed by atoms with van der Waals surface area (Å²) in [4.78, 5) is 0. The summed E-state index contributed by atoms with van der Waals surface area (Å²) in [6.07, 6.45) is 13.9. The zero-order chi connectivity index (χ0) is 16.6. The van der Waals surface area contributed by atoms with Crippen LogP contribution in [0.25, 0.3) is 0 Å². The second-order valence-corrected chi connectivity index (χ2v) is 8.90. The van der Waals surface area contributed by atoms with Crippen LogP contribution in [0, 0.1) is 5.41 Å². The van der Waals surface area contributed by atoms with E-state index >= 15 is 0 Å². The zero-order valence-electron chi connectivity index (χ0n) is 14.9. The monoisotopic (exact) mass is 324 g/mol. The molecule has 0 heterocycles. The molecule has 0 amide bonds. The van der Waals surface area contributed by atoms with Crippen molar-refractivity contribution in [3.05, 3.63) is 0 Å². The van der Waals surface area contributed by atoms with E-state index in [4.69, 9.17) is 0 Å². The normalized spacial score (nSPS) is 30.8. The lowest BCUT2D eigenvalue weighted by atomic mass is 9.46. The van der Waals surface area contributed by atoms with Gasteiger partial charge in [-0.2, -0.15) is 0 Å². The van der Waals surface area contributed by atoms with Crippen LogP contribution in [0.4, 0.5) is 0 Å². The first-order chi connectivity index (χ1) is 10.9. The average molecular weight is 325 g/mol. The van der Waals surface area contributed by atoms with Crippen molar-refractivity contribution in [1.82, 2.24) is 0 Å². The van der Waals surface area contributed by atoms with Crippen molar-refractivity contribution in [3.8, 4) is 0 Å². The van der Waals surface area contributed by atoms with Crippen LogP contribution < -0.4 is 0 Å². The molecule has 3 nitrogen and oxygen atoms in total. The van der Waals surface area contributed by atoms with Gasteiger partial charge in [0.15, 0.2) is 0 Å². The lowest BCUT2D eigenvalue weighted by Gasteiger charge is -2.64. The molecule has 0 aromatic heterocycles. The van der Waals surface area contributed by atoms with Gasteiger partial charge in [0.1, 0.15) is 0 Å². The molecule has 0 aromatic rings. The fourth-order valence-corrected chi connectivity index (χ4v) is 6.21. The lowest BCUT2D eigenvalue weighted by Crippen LogP contribution is -2.72. The first-order valence-corrected chi connectivity index (χ1v) is 10.0. The summed E-state index contributed by atoms with van der Waals surface area (Å²) in [6, 6.07) is 0. The number of hydrogen-bond donors (Lipinski definition) is 3. The summed E-state index contributed by atoms with van der Waals surface area (Å²) >= 11 is 0. The molecule has 0 bridgehead atoms. The SMILES string of the molecule is CC(C1(O)CCCCC1)(C1(O)CCCCC1)C1(O)CCCCC1. The minimum atomic E-state index is -0.927. The van der Waals surface area contributed by atoms with E-state index in [-0.39, 0.29) is 0 Å². The van der Waals surface area contributed by atoms with Crippen LogP contribution in [0.15, 0.2) is 0 Å². The van der Waals surface area contributed by atoms with E-state index in [9.17, 15) is 15.3 Å². The van der Waals surface area contributed by atoms with Crippen LogP contribution >= 0.6 is 0 Å². The summed E-state index contributed by atoms with van der Waals surface area (Å²) in [5.41, 5.74) is -3.59. The second-order valence-electron chi connectivity index (χ2n) is 8.90. The Morgan fingerprint density at radius 2 is 0.696 bits per heavy atom. The third-order valence-corrected chi connectivity index (χ3v) is 7.83. The molecule has 0 aromatic carbocycles. The van der Waals surface area contributed by atoms with Crippen molar-refractivity contribution in [1.29, 1.82) is 0 Å². The lowest BCUT2D eigenvalue weighted by molar-refractivity contribution is -0.292. The molecule has 3 aliphatic carbocycles. The molecule has 0 unspecified atom stereocenters. The molecule has 3 saturated carbocycles. The summed E-state index contributed by atoms with van der Waals surface area (Å²) < 4.78 is 0. The molecule has 23 heavy (non-hydrogen) atoms. The Hall–Kier alpha value is -0.120. The van der Waals surface area contributed by atoms with Crippen LogP contribution in [-0.4, -0.2) is 32.1 Å². The van der Waals surface area contributed by atoms with Crippen LogP contribution in [0.2, 0.25) is 0 Å². The predicted octanol–water partition coefficient (Wildman–Crippen LogP) is 4.08. The van der Waals surface area contributed by atoms with Gasteiger partial charge in [-0.25, -0.2) is 0 Å². The largest absolute Gasteiger partial charge is 0.389 e. The first-order valence-electron chi connectivity index (χ1n) is 10.0. The van der Waals surface area contributed by atoms with E-state index in [1.54, 1.807) is 0 Å². The van der Waals surface area contributed by atoms with E-state index in [2.05, 4.69) is 0 Å². The molecule has 3 fully saturated rings. The van der Waals surface area contributed by atoms with Crippen molar-refractivity contribution < 1.29 is 15.3 Å². The summed E-state index contributed by atoms with van der Waals surface area (Å²) in [5.74, 6) is 0. The highest BCUT2D eigenvalue weighted by Gasteiger charge is 2.67. The van der Waals surface area contributed by atoms with E-state index in [0.717, 1.165) is 96.3 Å². The summed E-state index contributed by atoms with van der Waals surface area (Å²) in [5, 5.41) is 35.1. The second kappa shape index (κ2) is 6.31. The third-order valence-electron chi connectivity index (χ3n) is 7.83. The Bertz CT molecular complexity index is 339. The maximum Gasteiger partial charge on any atom is 0.0756 e. The fraction of sp³-hybridized carbons (Fsp3) is 1.00. The molecule has 0 radical (unpaired) electrons. The maximum absolute atomic E-state index is 11.7.